The fourth-order valence-electron chi connectivity index (χ4n) is 1.98. The fourth-order valence-corrected chi connectivity index (χ4v) is 5.00. The van der Waals surface area contributed by atoms with Crippen molar-refractivity contribution < 1.29 is 13.5 Å². The van der Waals surface area contributed by atoms with Crippen molar-refractivity contribution >= 4 is 37.3 Å². The van der Waals surface area contributed by atoms with Gasteiger partial charge in [-0.1, -0.05) is 34.1 Å². The molecular formula is C14H16BrNO3S2. The number of aliphatic hydroxyl groups is 1. The van der Waals surface area contributed by atoms with Gasteiger partial charge in [0.15, 0.2) is 0 Å². The van der Waals surface area contributed by atoms with Crippen LogP contribution < -0.4 is 0 Å². The van der Waals surface area contributed by atoms with E-state index in [1.165, 1.54) is 15.6 Å². The van der Waals surface area contributed by atoms with Gasteiger partial charge in [0.05, 0.1) is 11.5 Å². The molecule has 21 heavy (non-hydrogen) atoms. The van der Waals surface area contributed by atoms with Gasteiger partial charge in [-0.3, -0.25) is 0 Å². The second-order valence-corrected chi connectivity index (χ2v) is 8.85. The quantitative estimate of drug-likeness (QED) is 0.854. The highest BCUT2D eigenvalue weighted by Crippen LogP contribution is 2.29. The van der Waals surface area contributed by atoms with Crippen LogP contribution in [0.5, 0.6) is 0 Å². The Kier molecular flexibility index (Phi) is 5.21. The Hall–Kier alpha value is -0.730. The van der Waals surface area contributed by atoms with Gasteiger partial charge in [-0.2, -0.15) is 4.31 Å². The highest BCUT2D eigenvalue weighted by Gasteiger charge is 2.25. The second-order valence-electron chi connectivity index (χ2n) is 4.64. The van der Waals surface area contributed by atoms with Crippen LogP contribution in [0.25, 0.3) is 0 Å². The van der Waals surface area contributed by atoms with E-state index in [0.717, 1.165) is 10.0 Å². The number of halogens is 1. The molecule has 0 radical (unpaired) electrons. The molecule has 0 aliphatic carbocycles. The first-order valence-electron chi connectivity index (χ1n) is 6.26. The van der Waals surface area contributed by atoms with Gasteiger partial charge in [0, 0.05) is 27.8 Å². The molecule has 0 spiro atoms. The summed E-state index contributed by atoms with van der Waals surface area (Å²) in [4.78, 5) is 1.62. The van der Waals surface area contributed by atoms with Crippen LogP contribution in [0.1, 0.15) is 15.3 Å². The number of rotatable bonds is 5. The van der Waals surface area contributed by atoms with E-state index in [-0.39, 0.29) is 18.0 Å². The Labute approximate surface area is 137 Å². The van der Waals surface area contributed by atoms with E-state index in [1.54, 1.807) is 20.0 Å². The number of sulfonamides is 1. The molecule has 2 aromatic rings. The summed E-state index contributed by atoms with van der Waals surface area (Å²) in [5, 5.41) is 9.15. The summed E-state index contributed by atoms with van der Waals surface area (Å²) in [6, 6.07) is 9.08. The Morgan fingerprint density at radius 2 is 2.00 bits per heavy atom. The molecule has 4 nitrogen and oxygen atoms in total. The lowest BCUT2D eigenvalue weighted by molar-refractivity contribution is 0.285. The van der Waals surface area contributed by atoms with Gasteiger partial charge in [-0.15, -0.1) is 11.3 Å². The van der Waals surface area contributed by atoms with Crippen LogP contribution in [-0.2, 0) is 23.2 Å². The predicted molar refractivity (Wildman–Crippen MR) is 87.8 cm³/mol. The third-order valence-electron chi connectivity index (χ3n) is 3.12. The molecule has 0 unspecified atom stereocenters. The predicted octanol–water partition coefficient (Wildman–Crippen LogP) is 3.13. The second kappa shape index (κ2) is 6.58. The van der Waals surface area contributed by atoms with Crippen molar-refractivity contribution in [2.24, 2.45) is 0 Å². The Morgan fingerprint density at radius 1 is 1.33 bits per heavy atom. The molecule has 0 bridgehead atoms. The minimum absolute atomic E-state index is 0.144. The molecule has 0 aliphatic heterocycles. The molecule has 0 amide bonds. The zero-order chi connectivity index (χ0) is 15.6. The highest BCUT2D eigenvalue weighted by molar-refractivity contribution is 9.10. The number of aliphatic hydroxyl groups excluding tert-OH is 1. The van der Waals surface area contributed by atoms with Gasteiger partial charge < -0.3 is 5.11 Å². The van der Waals surface area contributed by atoms with Gasteiger partial charge in [0.2, 0.25) is 10.0 Å². The zero-order valence-electron chi connectivity index (χ0n) is 11.7. The summed E-state index contributed by atoms with van der Waals surface area (Å²) in [6.07, 6.45) is 0. The van der Waals surface area contributed by atoms with E-state index < -0.39 is 10.0 Å². The minimum Gasteiger partial charge on any atom is -0.391 e. The van der Waals surface area contributed by atoms with E-state index in [1.807, 2.05) is 24.3 Å². The number of nitrogens with zero attached hydrogens (tertiary/aromatic N) is 1. The van der Waals surface area contributed by atoms with E-state index >= 15 is 0 Å². The third kappa shape index (κ3) is 3.54. The van der Waals surface area contributed by atoms with Crippen LogP contribution in [-0.4, -0.2) is 24.9 Å². The Morgan fingerprint density at radius 3 is 2.57 bits per heavy atom. The van der Waals surface area contributed by atoms with Crippen molar-refractivity contribution in [2.75, 3.05) is 7.05 Å². The summed E-state index contributed by atoms with van der Waals surface area (Å²) in [6.45, 7) is 1.89. The number of aryl methyl sites for hydroxylation is 1. The van der Waals surface area contributed by atoms with Crippen molar-refractivity contribution in [1.82, 2.24) is 4.31 Å². The number of thiophene rings is 1. The lowest BCUT2D eigenvalue weighted by Gasteiger charge is -2.17. The van der Waals surface area contributed by atoms with Gasteiger partial charge in [0.25, 0.3) is 0 Å². The maximum absolute atomic E-state index is 12.6. The smallest absolute Gasteiger partial charge is 0.244 e. The third-order valence-corrected chi connectivity index (χ3v) is 6.99. The summed E-state index contributed by atoms with van der Waals surface area (Å²) in [5.41, 5.74) is 0.902. The van der Waals surface area contributed by atoms with E-state index in [4.69, 9.17) is 5.11 Å². The van der Waals surface area contributed by atoms with Crippen molar-refractivity contribution in [3.05, 3.63) is 50.1 Å². The molecule has 7 heteroatoms. The van der Waals surface area contributed by atoms with Crippen molar-refractivity contribution in [3.63, 3.8) is 0 Å². The van der Waals surface area contributed by atoms with Crippen LogP contribution in [0.2, 0.25) is 0 Å². The molecule has 1 heterocycles. The summed E-state index contributed by atoms with van der Waals surface area (Å²) >= 11 is 4.73. The maximum atomic E-state index is 12.6. The number of benzene rings is 1. The average molecular weight is 390 g/mol. The monoisotopic (exact) mass is 389 g/mol. The normalized spacial score (nSPS) is 12.0. The lowest BCUT2D eigenvalue weighted by atomic mass is 10.2. The Balaban J connectivity index is 2.30. The van der Waals surface area contributed by atoms with Crippen molar-refractivity contribution in [3.8, 4) is 0 Å². The largest absolute Gasteiger partial charge is 0.391 e. The van der Waals surface area contributed by atoms with Crippen LogP contribution >= 0.6 is 27.3 Å². The maximum Gasteiger partial charge on any atom is 0.244 e. The SMILES string of the molecule is Cc1sc(CO)cc1S(=O)(=O)N(C)Cc1ccccc1Br. The van der Waals surface area contributed by atoms with Gasteiger partial charge in [0.1, 0.15) is 0 Å². The molecular weight excluding hydrogens is 374 g/mol. The highest BCUT2D eigenvalue weighted by atomic mass is 79.9. The molecule has 114 valence electrons. The molecule has 1 N–H and O–H groups in total. The average Bonchev–Trinajstić information content (AvgIpc) is 2.83. The molecule has 0 fully saturated rings. The van der Waals surface area contributed by atoms with Gasteiger partial charge in [-0.05, 0) is 24.6 Å². The molecule has 0 atom stereocenters. The minimum atomic E-state index is -3.56. The summed E-state index contributed by atoms with van der Waals surface area (Å²) < 4.78 is 27.5. The fraction of sp³-hybridized carbons (Fsp3) is 0.286. The van der Waals surface area contributed by atoms with E-state index in [2.05, 4.69) is 15.9 Å². The van der Waals surface area contributed by atoms with Crippen LogP contribution in [0.4, 0.5) is 0 Å². The zero-order valence-corrected chi connectivity index (χ0v) is 14.9. The molecule has 0 saturated carbocycles. The molecule has 1 aromatic heterocycles. The number of hydrogen-bond donors (Lipinski definition) is 1. The first kappa shape index (κ1) is 16.6. The van der Waals surface area contributed by atoms with E-state index in [9.17, 15) is 8.42 Å². The standard InChI is InChI=1S/C14H16BrNO3S2/c1-10-14(7-12(9-17)20-10)21(18,19)16(2)8-11-5-3-4-6-13(11)15/h3-7,17H,8-9H2,1-2H3. The molecule has 0 saturated heterocycles. The number of hydrogen-bond acceptors (Lipinski definition) is 4. The lowest BCUT2D eigenvalue weighted by Crippen LogP contribution is -2.26. The van der Waals surface area contributed by atoms with Crippen LogP contribution in [0, 0.1) is 6.92 Å². The molecule has 0 aliphatic rings. The summed E-state index contributed by atoms with van der Waals surface area (Å²) in [7, 11) is -2.00. The van der Waals surface area contributed by atoms with Crippen molar-refractivity contribution in [2.45, 2.75) is 25.0 Å². The van der Waals surface area contributed by atoms with Gasteiger partial charge in [-0.25, -0.2) is 8.42 Å². The molecule has 1 aromatic carbocycles. The van der Waals surface area contributed by atoms with Crippen LogP contribution in [0.3, 0.4) is 0 Å². The van der Waals surface area contributed by atoms with Crippen LogP contribution in [0.15, 0.2) is 39.7 Å². The topological polar surface area (TPSA) is 57.6 Å². The first-order chi connectivity index (χ1) is 9.86. The van der Waals surface area contributed by atoms with Crippen molar-refractivity contribution in [1.29, 1.82) is 0 Å². The summed E-state index contributed by atoms with van der Waals surface area (Å²) in [5.74, 6) is 0. The van der Waals surface area contributed by atoms with E-state index in [0.29, 0.717) is 9.75 Å². The Bertz CT molecular complexity index is 740. The first-order valence-corrected chi connectivity index (χ1v) is 9.31. The molecule has 2 rings (SSSR count). The van der Waals surface area contributed by atoms with Gasteiger partial charge >= 0.3 is 0 Å².